The molecule has 1 aliphatic rings. The number of aromatic nitrogens is 2. The Hall–Kier alpha value is 0.280. The summed E-state index contributed by atoms with van der Waals surface area (Å²) in [6.07, 6.45) is -0.569. The van der Waals surface area contributed by atoms with Gasteiger partial charge in [-0.2, -0.15) is 0 Å². The first-order chi connectivity index (χ1) is 13.5. The van der Waals surface area contributed by atoms with Crippen LogP contribution in [0.5, 0.6) is 0 Å². The number of thioether (sulfide) groups is 1. The molecule has 1 aromatic rings. The molecule has 2 rings (SSSR count). The van der Waals surface area contributed by atoms with Gasteiger partial charge in [-0.1, -0.05) is 6.92 Å². The number of nitrogens with one attached hydrogen (secondary N) is 2. The van der Waals surface area contributed by atoms with Gasteiger partial charge < -0.3 is 59.2 Å². The molecule has 0 bridgehead atoms. The summed E-state index contributed by atoms with van der Waals surface area (Å²) < 4.78 is 26.6. The Balaban J connectivity index is -0.000000437. The Morgan fingerprint density at radius 2 is 1.16 bits per heavy atom. The van der Waals surface area contributed by atoms with Gasteiger partial charge >= 0.3 is 58.7 Å². The Morgan fingerprint density at radius 1 is 0.812 bits per heavy atom. The molecule has 1 saturated heterocycles. The summed E-state index contributed by atoms with van der Waals surface area (Å²) in [6.45, 7) is 1.78. The molecular formula is C9H22N2NaO16P3S. The molecule has 4 atom stereocenters. The Bertz CT molecular complexity index is 865. The van der Waals surface area contributed by atoms with Gasteiger partial charge in [-0.3, -0.25) is 9.78 Å². The van der Waals surface area contributed by atoms with Crippen molar-refractivity contribution >= 4 is 64.8 Å². The topological polar surface area (TPSA) is 339 Å². The van der Waals surface area contributed by atoms with Crippen molar-refractivity contribution in [1.82, 2.24) is 9.97 Å². The number of phosphoric acid groups is 3. The molecule has 1 aromatic heterocycles. The van der Waals surface area contributed by atoms with Crippen molar-refractivity contribution in [3.05, 3.63) is 32.6 Å². The predicted molar refractivity (Wildman–Crippen MR) is 109 cm³/mol. The Kier molecular flexibility index (Phi) is 17.6. The van der Waals surface area contributed by atoms with Crippen LogP contribution in [0.25, 0.3) is 0 Å². The summed E-state index contributed by atoms with van der Waals surface area (Å²) in [6, 6.07) is 0. The van der Waals surface area contributed by atoms with Crippen LogP contribution < -0.4 is 11.2 Å². The third kappa shape index (κ3) is 23.4. The van der Waals surface area contributed by atoms with Crippen molar-refractivity contribution in [2.45, 2.75) is 29.6 Å². The van der Waals surface area contributed by atoms with Gasteiger partial charge in [0.2, 0.25) is 0 Å². The van der Waals surface area contributed by atoms with E-state index in [4.69, 9.17) is 57.7 Å². The van der Waals surface area contributed by atoms with Crippen LogP contribution in [0.3, 0.4) is 0 Å². The zero-order chi connectivity index (χ0) is 25.4. The van der Waals surface area contributed by atoms with Gasteiger partial charge in [-0.25, -0.2) is 18.5 Å². The van der Waals surface area contributed by atoms with Crippen LogP contribution >= 0.6 is 35.2 Å². The first kappa shape index (κ1) is 36.8. The summed E-state index contributed by atoms with van der Waals surface area (Å²) in [5.41, 5.74) is -0.832. The molecule has 32 heavy (non-hydrogen) atoms. The van der Waals surface area contributed by atoms with Gasteiger partial charge in [-0.05, 0) is 0 Å². The minimum absolute atomic E-state index is 0. The standard InChI is InChI=1S/C9H12N2O4S.Na.3H3O4P.H/c1-3-5(12)6(13)7(16-3)4-2-10-9(15)11-8(4)14;;3*1-5(2,3)4;/h2-3,5-7,12-13H,1H3,(H2,10,11,14,15);;3*(H3,1,2,3,4);/t3-,5-,6-,7+;;;;;/m1...../s1. The number of aliphatic hydroxyl groups is 2. The molecule has 0 unspecified atom stereocenters. The van der Waals surface area contributed by atoms with E-state index in [1.54, 1.807) is 6.92 Å². The third-order valence-corrected chi connectivity index (χ3v) is 4.19. The van der Waals surface area contributed by atoms with Crippen molar-refractivity contribution in [2.75, 3.05) is 0 Å². The number of aromatic amines is 2. The van der Waals surface area contributed by atoms with Gasteiger partial charge in [0.1, 0.15) is 0 Å². The fraction of sp³-hybridized carbons (Fsp3) is 0.556. The van der Waals surface area contributed by atoms with Crippen LogP contribution in [0.15, 0.2) is 15.8 Å². The van der Waals surface area contributed by atoms with Crippen molar-refractivity contribution in [3.8, 4) is 0 Å². The van der Waals surface area contributed by atoms with Crippen LogP contribution in [0.2, 0.25) is 0 Å². The van der Waals surface area contributed by atoms with Gasteiger partial charge in [0.15, 0.2) is 0 Å². The van der Waals surface area contributed by atoms with E-state index in [1.807, 2.05) is 0 Å². The monoisotopic (exact) mass is 562 g/mol. The molecule has 23 heteroatoms. The van der Waals surface area contributed by atoms with Crippen LogP contribution in [-0.2, 0) is 13.7 Å². The average Bonchev–Trinajstić information content (AvgIpc) is 2.70. The number of hydrogen-bond donors (Lipinski definition) is 13. The molecule has 13 N–H and O–H groups in total. The SMILES string of the molecule is C[C@H]1S[C@@H](c2c[nH]c(=O)[nH]c2=O)[C@H](O)[C@@H]1O.O=P(O)(O)O.O=P(O)(O)O.O=P(O)(O)O.[NaH]. The fourth-order valence-corrected chi connectivity index (χ4v) is 3.17. The van der Waals surface area contributed by atoms with Gasteiger partial charge in [0.25, 0.3) is 5.56 Å². The number of H-pyrrole nitrogens is 2. The molecule has 0 spiro atoms. The molecule has 0 aliphatic carbocycles. The summed E-state index contributed by atoms with van der Waals surface area (Å²) in [4.78, 5) is 91.5. The molecule has 2 heterocycles. The number of aliphatic hydroxyl groups excluding tert-OH is 2. The second kappa shape index (κ2) is 15.3. The fourth-order valence-electron chi connectivity index (χ4n) is 1.74. The van der Waals surface area contributed by atoms with E-state index in [1.165, 1.54) is 18.0 Å². The summed E-state index contributed by atoms with van der Waals surface area (Å²) >= 11 is 1.31. The molecule has 1 aliphatic heterocycles. The maximum atomic E-state index is 11.5. The second-order valence-electron chi connectivity index (χ2n) is 5.31. The predicted octanol–water partition coefficient (Wildman–Crippen LogP) is -4.47. The molecule has 18 nitrogen and oxygen atoms in total. The van der Waals surface area contributed by atoms with E-state index in [0.717, 1.165) is 0 Å². The van der Waals surface area contributed by atoms with E-state index < -0.39 is 52.2 Å². The van der Waals surface area contributed by atoms with Crippen LogP contribution in [0.1, 0.15) is 17.7 Å². The molecule has 186 valence electrons. The van der Waals surface area contributed by atoms with E-state index in [-0.39, 0.29) is 40.4 Å². The van der Waals surface area contributed by atoms with E-state index in [2.05, 4.69) is 9.97 Å². The van der Waals surface area contributed by atoms with E-state index in [9.17, 15) is 19.8 Å². The van der Waals surface area contributed by atoms with Crippen LogP contribution in [0.4, 0.5) is 0 Å². The van der Waals surface area contributed by atoms with Gasteiger partial charge in [-0.15, -0.1) is 11.8 Å². The first-order valence-electron chi connectivity index (χ1n) is 7.19. The molecule has 0 radical (unpaired) electrons. The Labute approximate surface area is 204 Å². The minimum atomic E-state index is -4.64. The molecule has 0 aromatic carbocycles. The van der Waals surface area contributed by atoms with Crippen molar-refractivity contribution in [2.24, 2.45) is 0 Å². The Morgan fingerprint density at radius 3 is 1.41 bits per heavy atom. The zero-order valence-corrected chi connectivity index (χ0v) is 18.6. The normalized spacial score (nSPS) is 22.6. The van der Waals surface area contributed by atoms with Gasteiger partial charge in [0, 0.05) is 17.0 Å². The third-order valence-electron chi connectivity index (χ3n) is 2.66. The van der Waals surface area contributed by atoms with Gasteiger partial charge in [0.05, 0.1) is 17.5 Å². The summed E-state index contributed by atoms with van der Waals surface area (Å²) in [5.74, 6) is 0. The van der Waals surface area contributed by atoms with E-state index in [0.29, 0.717) is 0 Å². The summed E-state index contributed by atoms with van der Waals surface area (Å²) in [7, 11) is -13.9. The molecule has 1 fully saturated rings. The average molecular weight is 562 g/mol. The van der Waals surface area contributed by atoms with Crippen molar-refractivity contribution in [3.63, 3.8) is 0 Å². The number of rotatable bonds is 1. The first-order valence-corrected chi connectivity index (χ1v) is 12.8. The quantitative estimate of drug-likeness (QED) is 0.113. The van der Waals surface area contributed by atoms with Crippen molar-refractivity contribution < 1.29 is 67.9 Å². The second-order valence-corrected chi connectivity index (χ2v) is 9.91. The maximum absolute atomic E-state index is 11.5. The van der Waals surface area contributed by atoms with Crippen LogP contribution in [0, 0.1) is 0 Å². The summed E-state index contributed by atoms with van der Waals surface area (Å²) in [5, 5.41) is 18.7. The molecular weight excluding hydrogens is 540 g/mol. The molecule has 0 amide bonds. The number of hydrogen-bond acceptors (Lipinski definition) is 8. The van der Waals surface area contributed by atoms with Crippen molar-refractivity contribution in [1.29, 1.82) is 0 Å². The van der Waals surface area contributed by atoms with E-state index >= 15 is 0 Å². The van der Waals surface area contributed by atoms with Crippen LogP contribution in [-0.4, -0.2) is 111 Å². The molecule has 0 saturated carbocycles. The zero-order valence-electron chi connectivity index (χ0n) is 15.1.